The van der Waals surface area contributed by atoms with E-state index in [1.807, 2.05) is 25.1 Å². The van der Waals surface area contributed by atoms with Crippen LogP contribution in [0.15, 0.2) is 57.2 Å². The van der Waals surface area contributed by atoms with Gasteiger partial charge in [0.25, 0.3) is 5.91 Å². The molecule has 3 aromatic rings. The number of carbonyl (C=O) groups excluding carboxylic acids is 2. The molecular weight excluding hydrogens is 492 g/mol. The lowest BCUT2D eigenvalue weighted by Gasteiger charge is -2.27. The standard InChI is InChI=1S/C27H27ClN6O3/c1-14-8-9-18(19(28)12-14)24-23(25(36)32-22-13-17(16(3)35)10-11-29-22)15(2)30-26(33-24)34-27-31-20-6-4-5-7-21(20)37-27/h8-13,24H,4-7H2,1-3H3,(H,29,32,36)(H2,30,31,33,34). The van der Waals surface area contributed by atoms with E-state index in [1.165, 1.54) is 13.1 Å². The molecule has 2 aromatic heterocycles. The summed E-state index contributed by atoms with van der Waals surface area (Å²) in [5.74, 6) is 1.03. The van der Waals surface area contributed by atoms with Crippen LogP contribution in [0.25, 0.3) is 0 Å². The van der Waals surface area contributed by atoms with Gasteiger partial charge >= 0.3 is 6.01 Å². The highest BCUT2D eigenvalue weighted by Gasteiger charge is 2.31. The first-order chi connectivity index (χ1) is 17.8. The Morgan fingerprint density at radius 1 is 1.14 bits per heavy atom. The number of nitrogens with one attached hydrogen (secondary N) is 3. The van der Waals surface area contributed by atoms with Gasteiger partial charge in [0.05, 0.1) is 11.3 Å². The Hall–Kier alpha value is -3.98. The number of nitrogens with zero attached hydrogens (tertiary/aromatic N) is 3. The molecule has 1 aliphatic carbocycles. The monoisotopic (exact) mass is 518 g/mol. The number of benzene rings is 1. The normalized spacial score (nSPS) is 17.0. The molecule has 3 N–H and O–H groups in total. The summed E-state index contributed by atoms with van der Waals surface area (Å²) in [6.07, 6.45) is 5.42. The van der Waals surface area contributed by atoms with Crippen molar-refractivity contribution in [2.45, 2.75) is 52.5 Å². The minimum Gasteiger partial charge on any atom is -0.428 e. The number of carbonyl (C=O) groups is 2. The molecule has 1 unspecified atom stereocenters. The lowest BCUT2D eigenvalue weighted by atomic mass is 9.95. The number of fused-ring (bicyclic) bond motifs is 1. The van der Waals surface area contributed by atoms with Crippen LogP contribution in [0.3, 0.4) is 0 Å². The molecule has 5 rings (SSSR count). The molecule has 10 heteroatoms. The first-order valence-electron chi connectivity index (χ1n) is 12.1. The summed E-state index contributed by atoms with van der Waals surface area (Å²) >= 11 is 6.63. The van der Waals surface area contributed by atoms with Gasteiger partial charge in [0, 0.05) is 34.5 Å². The maximum Gasteiger partial charge on any atom is 0.301 e. The maximum atomic E-state index is 13.5. The molecule has 3 heterocycles. The number of ketones is 1. The molecule has 0 saturated carbocycles. The summed E-state index contributed by atoms with van der Waals surface area (Å²) in [5, 5.41) is 9.59. The minimum atomic E-state index is -0.711. The zero-order valence-electron chi connectivity index (χ0n) is 20.8. The molecule has 0 fully saturated rings. The summed E-state index contributed by atoms with van der Waals surface area (Å²) < 4.78 is 5.91. The van der Waals surface area contributed by atoms with Gasteiger partial charge in [-0.3, -0.25) is 14.9 Å². The van der Waals surface area contributed by atoms with E-state index < -0.39 is 11.9 Å². The lowest BCUT2D eigenvalue weighted by molar-refractivity contribution is -0.113. The number of aliphatic imine (C=N–C) groups is 1. The van der Waals surface area contributed by atoms with Crippen molar-refractivity contribution in [3.63, 3.8) is 0 Å². The molecule has 0 radical (unpaired) electrons. The first-order valence-corrected chi connectivity index (χ1v) is 12.5. The molecular formula is C27H27ClN6O3. The number of oxazole rings is 1. The lowest BCUT2D eigenvalue weighted by Crippen LogP contribution is -2.37. The van der Waals surface area contributed by atoms with E-state index in [0.29, 0.717) is 39.4 Å². The molecule has 1 aromatic carbocycles. The predicted molar refractivity (Wildman–Crippen MR) is 142 cm³/mol. The summed E-state index contributed by atoms with van der Waals surface area (Å²) in [6, 6.07) is 8.43. The number of allylic oxidation sites excluding steroid dienone is 1. The van der Waals surface area contributed by atoms with Gasteiger partial charge in [-0.05, 0) is 63.8 Å². The van der Waals surface area contributed by atoms with Crippen molar-refractivity contribution in [2.24, 2.45) is 4.99 Å². The van der Waals surface area contributed by atoms with Crippen molar-refractivity contribution in [3.05, 3.63) is 81.0 Å². The Balaban J connectivity index is 1.48. The van der Waals surface area contributed by atoms with E-state index in [9.17, 15) is 9.59 Å². The fourth-order valence-electron chi connectivity index (χ4n) is 4.52. The number of amides is 1. The van der Waals surface area contributed by atoms with E-state index in [1.54, 1.807) is 19.1 Å². The number of guanidine groups is 1. The van der Waals surface area contributed by atoms with Crippen LogP contribution < -0.4 is 16.0 Å². The van der Waals surface area contributed by atoms with Crippen LogP contribution in [0, 0.1) is 6.92 Å². The average Bonchev–Trinajstić information content (AvgIpc) is 3.26. The molecule has 1 atom stereocenters. The third-order valence-electron chi connectivity index (χ3n) is 6.42. The SMILES string of the molecule is CC(=O)c1ccnc(NC(=O)C2=C(C)NC(Nc3nc4c(o3)CCCC4)=NC2c2ccc(C)cc2Cl)c1. The van der Waals surface area contributed by atoms with Gasteiger partial charge in [-0.15, -0.1) is 0 Å². The second kappa shape index (κ2) is 10.2. The van der Waals surface area contributed by atoms with Crippen LogP contribution in [0.4, 0.5) is 11.8 Å². The van der Waals surface area contributed by atoms with E-state index in [4.69, 9.17) is 21.0 Å². The predicted octanol–water partition coefficient (Wildman–Crippen LogP) is 5.14. The number of rotatable bonds is 5. The first kappa shape index (κ1) is 24.7. The Bertz CT molecular complexity index is 1430. The number of Topliss-reactive ketones (excluding diaryl/α,β-unsaturated/α-hetero) is 1. The molecule has 0 spiro atoms. The average molecular weight is 519 g/mol. The molecule has 9 nitrogen and oxygen atoms in total. The zero-order chi connectivity index (χ0) is 26.1. The smallest absolute Gasteiger partial charge is 0.301 e. The maximum absolute atomic E-state index is 13.5. The van der Waals surface area contributed by atoms with Crippen molar-refractivity contribution in [3.8, 4) is 0 Å². The van der Waals surface area contributed by atoms with Gasteiger partial charge < -0.3 is 15.1 Å². The molecule has 1 aliphatic heterocycles. The second-order valence-corrected chi connectivity index (χ2v) is 9.64. The number of halogens is 1. The molecule has 37 heavy (non-hydrogen) atoms. The van der Waals surface area contributed by atoms with E-state index >= 15 is 0 Å². The molecule has 1 amide bonds. The van der Waals surface area contributed by atoms with Crippen molar-refractivity contribution < 1.29 is 14.0 Å². The molecule has 2 aliphatic rings. The van der Waals surface area contributed by atoms with Gasteiger partial charge in [-0.1, -0.05) is 23.7 Å². The Morgan fingerprint density at radius 2 is 1.95 bits per heavy atom. The van der Waals surface area contributed by atoms with Crippen LogP contribution in [0.1, 0.15) is 65.7 Å². The third-order valence-corrected chi connectivity index (χ3v) is 6.74. The third kappa shape index (κ3) is 5.27. The van der Waals surface area contributed by atoms with Crippen LogP contribution in [0.5, 0.6) is 0 Å². The zero-order valence-corrected chi connectivity index (χ0v) is 21.6. The summed E-state index contributed by atoms with van der Waals surface area (Å²) in [6.45, 7) is 5.20. The van der Waals surface area contributed by atoms with Crippen molar-refractivity contribution >= 4 is 41.1 Å². The van der Waals surface area contributed by atoms with E-state index in [-0.39, 0.29) is 11.6 Å². The van der Waals surface area contributed by atoms with Crippen LogP contribution in [0.2, 0.25) is 5.02 Å². The largest absolute Gasteiger partial charge is 0.428 e. The number of anilines is 2. The Morgan fingerprint density at radius 3 is 2.70 bits per heavy atom. The van der Waals surface area contributed by atoms with Gasteiger partial charge in [0.1, 0.15) is 17.6 Å². The quantitative estimate of drug-likeness (QED) is 0.400. The van der Waals surface area contributed by atoms with Crippen LogP contribution in [-0.4, -0.2) is 27.6 Å². The van der Waals surface area contributed by atoms with Gasteiger partial charge in [-0.2, -0.15) is 4.98 Å². The van der Waals surface area contributed by atoms with Crippen molar-refractivity contribution in [2.75, 3.05) is 10.6 Å². The fraction of sp³-hybridized carbons (Fsp3) is 0.296. The highest BCUT2D eigenvalue weighted by molar-refractivity contribution is 6.31. The topological polar surface area (TPSA) is 122 Å². The molecule has 190 valence electrons. The number of pyridine rings is 1. The van der Waals surface area contributed by atoms with Crippen LogP contribution >= 0.6 is 11.6 Å². The second-order valence-electron chi connectivity index (χ2n) is 9.23. The van der Waals surface area contributed by atoms with Crippen molar-refractivity contribution in [1.82, 2.24) is 15.3 Å². The van der Waals surface area contributed by atoms with Crippen molar-refractivity contribution in [1.29, 1.82) is 0 Å². The Kier molecular flexibility index (Phi) is 6.80. The fourth-order valence-corrected chi connectivity index (χ4v) is 4.86. The number of hydrogen-bond acceptors (Lipinski definition) is 8. The number of aryl methyl sites for hydroxylation is 3. The highest BCUT2D eigenvalue weighted by atomic mass is 35.5. The summed E-state index contributed by atoms with van der Waals surface area (Å²) in [7, 11) is 0. The van der Waals surface area contributed by atoms with Crippen LogP contribution in [-0.2, 0) is 17.6 Å². The van der Waals surface area contributed by atoms with E-state index in [2.05, 4.69) is 25.9 Å². The van der Waals surface area contributed by atoms with Gasteiger partial charge in [0.2, 0.25) is 5.96 Å². The highest BCUT2D eigenvalue weighted by Crippen LogP contribution is 2.36. The Labute approximate surface area is 219 Å². The van der Waals surface area contributed by atoms with E-state index in [0.717, 1.165) is 42.7 Å². The number of aromatic nitrogens is 2. The molecule has 0 saturated heterocycles. The van der Waals surface area contributed by atoms with Gasteiger partial charge in [-0.25, -0.2) is 9.98 Å². The van der Waals surface area contributed by atoms with Gasteiger partial charge in [0.15, 0.2) is 5.78 Å². The minimum absolute atomic E-state index is 0.120. The molecule has 0 bridgehead atoms. The summed E-state index contributed by atoms with van der Waals surface area (Å²) in [5.41, 5.74) is 4.04. The summed E-state index contributed by atoms with van der Waals surface area (Å²) in [4.78, 5) is 38.9. The number of hydrogen-bond donors (Lipinski definition) is 3.